The number of ether oxygens (including phenoxy) is 2. The second kappa shape index (κ2) is 7.00. The number of benzene rings is 1. The number of methoxy groups -OCH3 is 1. The largest absolute Gasteiger partial charge is 0.456 e. The topological polar surface area (TPSA) is 51.7 Å². The molecule has 0 spiro atoms. The first-order chi connectivity index (χ1) is 11.9. The van der Waals surface area contributed by atoms with Gasteiger partial charge in [0.1, 0.15) is 5.60 Å². The van der Waals surface area contributed by atoms with E-state index in [1.54, 1.807) is 19.4 Å². The third-order valence-electron chi connectivity index (χ3n) is 4.48. The number of piperidine rings is 1. The van der Waals surface area contributed by atoms with Crippen molar-refractivity contribution < 1.29 is 14.3 Å². The summed E-state index contributed by atoms with van der Waals surface area (Å²) in [6, 6.07) is 7.83. The van der Waals surface area contributed by atoms with E-state index in [0.29, 0.717) is 11.7 Å². The maximum atomic E-state index is 12.6. The van der Waals surface area contributed by atoms with Crippen LogP contribution in [0, 0.1) is 0 Å². The number of hydrogen-bond donors (Lipinski definition) is 0. The van der Waals surface area contributed by atoms with E-state index in [9.17, 15) is 4.79 Å². The minimum absolute atomic E-state index is 0.310. The molecule has 1 aliphatic heterocycles. The molecular weight excluding hydrogens is 316 g/mol. The number of rotatable bonds is 3. The number of fused-ring (bicyclic) bond motifs is 1. The maximum absolute atomic E-state index is 12.6. The fourth-order valence-electron chi connectivity index (χ4n) is 3.19. The zero-order valence-electron chi connectivity index (χ0n) is 15.4. The Morgan fingerprint density at radius 3 is 2.56 bits per heavy atom. The summed E-state index contributed by atoms with van der Waals surface area (Å²) >= 11 is 0. The molecule has 0 aliphatic carbocycles. The van der Waals surface area contributed by atoms with Gasteiger partial charge in [-0.25, -0.2) is 4.79 Å². The molecule has 5 nitrogen and oxygen atoms in total. The first-order valence-electron chi connectivity index (χ1n) is 8.77. The maximum Gasteiger partial charge on any atom is 0.339 e. The number of nitrogens with zero attached hydrogens (tertiary/aromatic N) is 2. The molecule has 1 fully saturated rings. The third kappa shape index (κ3) is 4.10. The molecule has 0 unspecified atom stereocenters. The summed E-state index contributed by atoms with van der Waals surface area (Å²) < 4.78 is 11.0. The number of carbonyl (C=O) groups excluding carboxylic acids is 1. The molecule has 1 saturated heterocycles. The average Bonchev–Trinajstić information content (AvgIpc) is 2.59. The normalized spacial score (nSPS) is 16.2. The minimum Gasteiger partial charge on any atom is -0.456 e. The van der Waals surface area contributed by atoms with Crippen molar-refractivity contribution in [2.75, 3.05) is 25.1 Å². The van der Waals surface area contributed by atoms with E-state index < -0.39 is 5.60 Å². The van der Waals surface area contributed by atoms with Crippen molar-refractivity contribution >= 4 is 22.6 Å². The Balaban J connectivity index is 1.91. The molecule has 2 aromatic rings. The number of aromatic nitrogens is 1. The number of esters is 1. The van der Waals surface area contributed by atoms with Gasteiger partial charge in [0.25, 0.3) is 0 Å². The molecule has 1 aliphatic rings. The highest BCUT2D eigenvalue weighted by Crippen LogP contribution is 2.27. The van der Waals surface area contributed by atoms with Crippen molar-refractivity contribution in [3.63, 3.8) is 0 Å². The molecule has 0 amide bonds. The number of anilines is 1. The van der Waals surface area contributed by atoms with Crippen molar-refractivity contribution in [1.82, 2.24) is 4.98 Å². The van der Waals surface area contributed by atoms with Gasteiger partial charge in [-0.3, -0.25) is 4.98 Å². The quantitative estimate of drug-likeness (QED) is 0.794. The summed E-state index contributed by atoms with van der Waals surface area (Å²) in [5, 5.41) is 0.836. The van der Waals surface area contributed by atoms with Crippen LogP contribution in [0.15, 0.2) is 30.5 Å². The van der Waals surface area contributed by atoms with Gasteiger partial charge in [0.2, 0.25) is 0 Å². The predicted molar refractivity (Wildman–Crippen MR) is 99.2 cm³/mol. The van der Waals surface area contributed by atoms with Gasteiger partial charge >= 0.3 is 5.97 Å². The van der Waals surface area contributed by atoms with Crippen LogP contribution in [0.25, 0.3) is 10.9 Å². The molecule has 0 atom stereocenters. The van der Waals surface area contributed by atoms with Crippen LogP contribution in [0.2, 0.25) is 0 Å². The summed E-state index contributed by atoms with van der Waals surface area (Å²) in [7, 11) is 1.77. The third-order valence-corrected chi connectivity index (χ3v) is 4.48. The Morgan fingerprint density at radius 1 is 1.20 bits per heavy atom. The number of pyridine rings is 1. The van der Waals surface area contributed by atoms with Gasteiger partial charge in [-0.2, -0.15) is 0 Å². The predicted octanol–water partition coefficient (Wildman–Crippen LogP) is 3.81. The molecule has 0 bridgehead atoms. The second-order valence-corrected chi connectivity index (χ2v) is 7.48. The average molecular weight is 342 g/mol. The van der Waals surface area contributed by atoms with E-state index in [1.165, 1.54) is 0 Å². The van der Waals surface area contributed by atoms with Crippen LogP contribution in [0.4, 0.5) is 5.69 Å². The summed E-state index contributed by atoms with van der Waals surface area (Å²) in [6.07, 6.45) is 4.03. The van der Waals surface area contributed by atoms with Gasteiger partial charge in [-0.05, 0) is 57.9 Å². The summed E-state index contributed by atoms with van der Waals surface area (Å²) in [5.41, 5.74) is 1.96. The monoisotopic (exact) mass is 342 g/mol. The van der Waals surface area contributed by atoms with Gasteiger partial charge in [-0.1, -0.05) is 0 Å². The first-order valence-corrected chi connectivity index (χ1v) is 8.77. The van der Waals surface area contributed by atoms with Crippen LogP contribution in [-0.4, -0.2) is 42.9 Å². The Hall–Kier alpha value is -2.14. The molecule has 0 N–H and O–H groups in total. The Morgan fingerprint density at radius 2 is 1.92 bits per heavy atom. The Kier molecular flexibility index (Phi) is 4.95. The molecule has 25 heavy (non-hydrogen) atoms. The summed E-state index contributed by atoms with van der Waals surface area (Å²) in [4.78, 5) is 19.3. The molecular formula is C20H26N2O3. The molecule has 5 heteroatoms. The molecule has 1 aromatic heterocycles. The van der Waals surface area contributed by atoms with Crippen molar-refractivity contribution in [2.24, 2.45) is 0 Å². The Labute approximate surface area is 148 Å². The van der Waals surface area contributed by atoms with Gasteiger partial charge in [0.05, 0.1) is 17.2 Å². The molecule has 0 radical (unpaired) electrons. The lowest BCUT2D eigenvalue weighted by molar-refractivity contribution is 0.00718. The standard InChI is InChI=1S/C20H26N2O3/c1-20(2,3)25-19(23)16-7-10-21-18-6-5-14(13-17(16)18)22-11-8-15(24-4)9-12-22/h5-7,10,13,15H,8-9,11-12H2,1-4H3. The van der Waals surface area contributed by atoms with E-state index >= 15 is 0 Å². The van der Waals surface area contributed by atoms with Gasteiger partial charge in [-0.15, -0.1) is 0 Å². The van der Waals surface area contributed by atoms with E-state index in [-0.39, 0.29) is 5.97 Å². The zero-order valence-corrected chi connectivity index (χ0v) is 15.4. The number of carbonyl (C=O) groups is 1. The van der Waals surface area contributed by atoms with Crippen LogP contribution in [0.1, 0.15) is 44.0 Å². The van der Waals surface area contributed by atoms with Gasteiger partial charge < -0.3 is 14.4 Å². The molecule has 3 rings (SSSR count). The SMILES string of the molecule is COC1CCN(c2ccc3nccc(C(=O)OC(C)(C)C)c3c2)CC1. The van der Waals surface area contributed by atoms with Crippen LogP contribution in [0.3, 0.4) is 0 Å². The molecule has 1 aromatic carbocycles. The van der Waals surface area contributed by atoms with Crippen LogP contribution < -0.4 is 4.90 Å². The van der Waals surface area contributed by atoms with Crippen LogP contribution in [-0.2, 0) is 9.47 Å². The Bertz CT molecular complexity index is 759. The van der Waals surface area contributed by atoms with E-state index in [2.05, 4.69) is 22.0 Å². The molecule has 0 saturated carbocycles. The first kappa shape index (κ1) is 17.7. The minimum atomic E-state index is -0.522. The fourth-order valence-corrected chi connectivity index (χ4v) is 3.19. The second-order valence-electron chi connectivity index (χ2n) is 7.48. The van der Waals surface area contributed by atoms with Gasteiger partial charge in [0, 0.05) is 37.5 Å². The molecule has 134 valence electrons. The lowest BCUT2D eigenvalue weighted by Gasteiger charge is -2.33. The van der Waals surface area contributed by atoms with Crippen LogP contribution in [0.5, 0.6) is 0 Å². The lowest BCUT2D eigenvalue weighted by atomic mass is 10.0. The van der Waals surface area contributed by atoms with Crippen molar-refractivity contribution in [2.45, 2.75) is 45.3 Å². The van der Waals surface area contributed by atoms with E-state index in [1.807, 2.05) is 26.8 Å². The van der Waals surface area contributed by atoms with E-state index in [4.69, 9.17) is 9.47 Å². The van der Waals surface area contributed by atoms with Gasteiger partial charge in [0.15, 0.2) is 0 Å². The van der Waals surface area contributed by atoms with Crippen molar-refractivity contribution in [3.05, 3.63) is 36.0 Å². The molecule has 2 heterocycles. The fraction of sp³-hybridized carbons (Fsp3) is 0.500. The number of hydrogen-bond acceptors (Lipinski definition) is 5. The van der Waals surface area contributed by atoms with Crippen LogP contribution >= 0.6 is 0 Å². The van der Waals surface area contributed by atoms with E-state index in [0.717, 1.165) is 42.5 Å². The van der Waals surface area contributed by atoms with Crippen molar-refractivity contribution in [1.29, 1.82) is 0 Å². The van der Waals surface area contributed by atoms with Crippen molar-refractivity contribution in [3.8, 4) is 0 Å². The zero-order chi connectivity index (χ0) is 18.0. The highest BCUT2D eigenvalue weighted by Gasteiger charge is 2.22. The highest BCUT2D eigenvalue weighted by atomic mass is 16.6. The summed E-state index contributed by atoms with van der Waals surface area (Å²) in [6.45, 7) is 7.52. The lowest BCUT2D eigenvalue weighted by Crippen LogP contribution is -2.36. The smallest absolute Gasteiger partial charge is 0.339 e. The summed E-state index contributed by atoms with van der Waals surface area (Å²) in [5.74, 6) is -0.310. The highest BCUT2D eigenvalue weighted by molar-refractivity contribution is 6.04.